The molecular formula is C12H22N2O4. The topological polar surface area (TPSA) is 109 Å². The Morgan fingerprint density at radius 1 is 1.17 bits per heavy atom. The molecule has 4 N–H and O–H groups in total. The predicted molar refractivity (Wildman–Crippen MR) is 66.8 cm³/mol. The van der Waals surface area contributed by atoms with Gasteiger partial charge in [-0.1, -0.05) is 32.6 Å². The lowest BCUT2D eigenvalue weighted by Crippen LogP contribution is -2.44. The molecule has 0 aromatic carbocycles. The molecule has 0 aliphatic carbocycles. The van der Waals surface area contributed by atoms with E-state index in [1.165, 1.54) is 0 Å². The highest BCUT2D eigenvalue weighted by Gasteiger charge is 2.18. The minimum Gasteiger partial charge on any atom is -0.481 e. The fourth-order valence-corrected chi connectivity index (χ4v) is 1.46. The number of imide groups is 1. The molecule has 0 fully saturated rings. The third kappa shape index (κ3) is 8.69. The number of rotatable bonds is 9. The Morgan fingerprint density at radius 3 is 2.33 bits per heavy atom. The highest BCUT2D eigenvalue weighted by atomic mass is 16.4. The van der Waals surface area contributed by atoms with Gasteiger partial charge in [-0.2, -0.15) is 0 Å². The molecule has 0 radical (unpaired) electrons. The zero-order valence-corrected chi connectivity index (χ0v) is 10.8. The van der Waals surface area contributed by atoms with Crippen molar-refractivity contribution in [1.29, 1.82) is 0 Å². The third-order valence-corrected chi connectivity index (χ3v) is 2.50. The van der Waals surface area contributed by atoms with Gasteiger partial charge >= 0.3 is 5.97 Å². The molecule has 0 unspecified atom stereocenters. The van der Waals surface area contributed by atoms with Crippen LogP contribution in [0.1, 0.15) is 51.9 Å². The Labute approximate surface area is 107 Å². The van der Waals surface area contributed by atoms with Crippen LogP contribution in [0.4, 0.5) is 0 Å². The van der Waals surface area contributed by atoms with E-state index in [1.807, 2.05) is 0 Å². The molecule has 18 heavy (non-hydrogen) atoms. The van der Waals surface area contributed by atoms with Gasteiger partial charge in [-0.15, -0.1) is 0 Å². The van der Waals surface area contributed by atoms with Gasteiger partial charge in [-0.05, 0) is 6.42 Å². The summed E-state index contributed by atoms with van der Waals surface area (Å²) < 4.78 is 0. The number of nitrogens with one attached hydrogen (secondary N) is 1. The van der Waals surface area contributed by atoms with Crippen LogP contribution in [0, 0.1) is 0 Å². The van der Waals surface area contributed by atoms with Gasteiger partial charge in [0.2, 0.25) is 11.8 Å². The van der Waals surface area contributed by atoms with Gasteiger partial charge in [0.15, 0.2) is 0 Å². The first-order valence-corrected chi connectivity index (χ1v) is 6.28. The lowest BCUT2D eigenvalue weighted by atomic mass is 10.1. The summed E-state index contributed by atoms with van der Waals surface area (Å²) in [6.07, 6.45) is 4.84. The minimum atomic E-state index is -1.17. The van der Waals surface area contributed by atoms with Crippen molar-refractivity contribution in [3.8, 4) is 0 Å². The second kappa shape index (κ2) is 9.58. The fraction of sp³-hybridized carbons (Fsp3) is 0.750. The van der Waals surface area contributed by atoms with E-state index in [4.69, 9.17) is 10.8 Å². The molecule has 104 valence electrons. The maximum Gasteiger partial charge on any atom is 0.305 e. The van der Waals surface area contributed by atoms with Crippen LogP contribution in [0.5, 0.6) is 0 Å². The van der Waals surface area contributed by atoms with Crippen molar-refractivity contribution in [3.05, 3.63) is 0 Å². The van der Waals surface area contributed by atoms with Gasteiger partial charge in [0, 0.05) is 6.42 Å². The number of hydrogen-bond donors (Lipinski definition) is 3. The zero-order valence-electron chi connectivity index (χ0n) is 10.8. The van der Waals surface area contributed by atoms with E-state index in [0.29, 0.717) is 0 Å². The summed E-state index contributed by atoms with van der Waals surface area (Å²) in [6, 6.07) is -1.17. The molecule has 6 heteroatoms. The quantitative estimate of drug-likeness (QED) is 0.530. The number of unbranched alkanes of at least 4 members (excludes halogenated alkanes) is 4. The van der Waals surface area contributed by atoms with E-state index in [-0.39, 0.29) is 6.42 Å². The highest BCUT2D eigenvalue weighted by molar-refractivity contribution is 5.98. The van der Waals surface area contributed by atoms with Gasteiger partial charge in [-0.3, -0.25) is 19.7 Å². The van der Waals surface area contributed by atoms with Crippen molar-refractivity contribution in [1.82, 2.24) is 5.32 Å². The Balaban J connectivity index is 3.73. The Bertz CT molecular complexity index is 292. The molecular weight excluding hydrogens is 236 g/mol. The standard InChI is InChI=1S/C12H22N2O4/c1-2-3-4-5-6-7-10(15)14-12(18)9(13)8-11(16)17/h9H,2-8,13H2,1H3,(H,16,17)(H,14,15,18)/t9-/m0/s1. The third-order valence-electron chi connectivity index (χ3n) is 2.50. The lowest BCUT2D eigenvalue weighted by molar-refractivity contribution is -0.140. The van der Waals surface area contributed by atoms with Gasteiger partial charge in [0.25, 0.3) is 0 Å². The number of carboxylic acid groups (broad SMARTS) is 1. The van der Waals surface area contributed by atoms with E-state index in [9.17, 15) is 14.4 Å². The number of aliphatic carboxylic acids is 1. The van der Waals surface area contributed by atoms with E-state index < -0.39 is 30.2 Å². The van der Waals surface area contributed by atoms with Crippen LogP contribution in [0.3, 0.4) is 0 Å². The molecule has 0 aromatic heterocycles. The summed E-state index contributed by atoms with van der Waals surface area (Å²) in [5.74, 6) is -2.28. The van der Waals surface area contributed by atoms with Crippen molar-refractivity contribution < 1.29 is 19.5 Å². The normalized spacial score (nSPS) is 11.9. The summed E-state index contributed by atoms with van der Waals surface area (Å²) >= 11 is 0. The van der Waals surface area contributed by atoms with Crippen molar-refractivity contribution in [2.24, 2.45) is 5.73 Å². The fourth-order valence-electron chi connectivity index (χ4n) is 1.46. The maximum absolute atomic E-state index is 11.3. The molecule has 0 heterocycles. The van der Waals surface area contributed by atoms with E-state index in [2.05, 4.69) is 12.2 Å². The number of nitrogens with two attached hydrogens (primary N) is 1. The average molecular weight is 258 g/mol. The van der Waals surface area contributed by atoms with Crippen molar-refractivity contribution in [3.63, 3.8) is 0 Å². The van der Waals surface area contributed by atoms with Crippen LogP contribution in [-0.4, -0.2) is 28.9 Å². The first kappa shape index (κ1) is 16.6. The van der Waals surface area contributed by atoms with Crippen LogP contribution in [-0.2, 0) is 14.4 Å². The Morgan fingerprint density at radius 2 is 1.78 bits per heavy atom. The van der Waals surface area contributed by atoms with Crippen molar-refractivity contribution >= 4 is 17.8 Å². The summed E-state index contributed by atoms with van der Waals surface area (Å²) in [5.41, 5.74) is 5.32. The monoisotopic (exact) mass is 258 g/mol. The van der Waals surface area contributed by atoms with Gasteiger partial charge in [-0.25, -0.2) is 0 Å². The van der Waals surface area contributed by atoms with Crippen LogP contribution < -0.4 is 11.1 Å². The summed E-state index contributed by atoms with van der Waals surface area (Å²) in [6.45, 7) is 2.11. The number of amides is 2. The second-order valence-electron chi connectivity index (χ2n) is 4.28. The Kier molecular flexibility index (Phi) is 8.82. The molecule has 0 aliphatic heterocycles. The summed E-state index contributed by atoms with van der Waals surface area (Å²) in [5, 5.41) is 10.6. The molecule has 1 atom stereocenters. The average Bonchev–Trinajstić information content (AvgIpc) is 2.27. The smallest absolute Gasteiger partial charge is 0.305 e. The van der Waals surface area contributed by atoms with E-state index >= 15 is 0 Å². The largest absolute Gasteiger partial charge is 0.481 e. The van der Waals surface area contributed by atoms with E-state index in [1.54, 1.807) is 0 Å². The minimum absolute atomic E-state index is 0.273. The highest BCUT2D eigenvalue weighted by Crippen LogP contribution is 2.04. The Hall–Kier alpha value is -1.43. The first-order chi connectivity index (χ1) is 8.47. The maximum atomic E-state index is 11.3. The SMILES string of the molecule is CCCCCCCC(=O)NC(=O)[C@@H](N)CC(=O)O. The van der Waals surface area contributed by atoms with Crippen LogP contribution in [0.2, 0.25) is 0 Å². The van der Waals surface area contributed by atoms with E-state index in [0.717, 1.165) is 32.1 Å². The van der Waals surface area contributed by atoms with Crippen molar-refractivity contribution in [2.45, 2.75) is 57.9 Å². The van der Waals surface area contributed by atoms with Crippen LogP contribution >= 0.6 is 0 Å². The number of carbonyl (C=O) groups excluding carboxylic acids is 2. The summed E-state index contributed by atoms with van der Waals surface area (Å²) in [7, 11) is 0. The summed E-state index contributed by atoms with van der Waals surface area (Å²) in [4.78, 5) is 33.0. The van der Waals surface area contributed by atoms with Crippen LogP contribution in [0.15, 0.2) is 0 Å². The molecule has 0 aliphatic rings. The van der Waals surface area contributed by atoms with Crippen LogP contribution in [0.25, 0.3) is 0 Å². The predicted octanol–water partition coefficient (Wildman–Crippen LogP) is 0.792. The second-order valence-corrected chi connectivity index (χ2v) is 4.28. The lowest BCUT2D eigenvalue weighted by Gasteiger charge is -2.08. The number of carboxylic acids is 1. The zero-order chi connectivity index (χ0) is 14.0. The van der Waals surface area contributed by atoms with Gasteiger partial charge < -0.3 is 10.8 Å². The van der Waals surface area contributed by atoms with Gasteiger partial charge in [0.1, 0.15) is 0 Å². The molecule has 0 saturated heterocycles. The molecule has 0 saturated carbocycles. The number of carbonyl (C=O) groups is 3. The molecule has 0 bridgehead atoms. The first-order valence-electron chi connectivity index (χ1n) is 6.28. The number of hydrogen-bond acceptors (Lipinski definition) is 4. The molecule has 0 rings (SSSR count). The van der Waals surface area contributed by atoms with Crippen molar-refractivity contribution in [2.75, 3.05) is 0 Å². The molecule has 0 spiro atoms. The molecule has 6 nitrogen and oxygen atoms in total. The van der Waals surface area contributed by atoms with Gasteiger partial charge in [0.05, 0.1) is 12.5 Å². The molecule has 0 aromatic rings. The molecule has 2 amide bonds.